The minimum Gasteiger partial charge on any atom is -0.481 e. The van der Waals surface area contributed by atoms with Gasteiger partial charge in [-0.1, -0.05) is 13.3 Å². The summed E-state index contributed by atoms with van der Waals surface area (Å²) in [6.45, 7) is 7.40. The van der Waals surface area contributed by atoms with Gasteiger partial charge in [-0.05, 0) is 27.2 Å². The Balaban J connectivity index is 4.11. The van der Waals surface area contributed by atoms with Gasteiger partial charge in [0, 0.05) is 6.42 Å². The SMILES string of the molecule is CCC[C@H](CC(O)OC(C)(C)C)C(=O)O. The minimum atomic E-state index is -1.00. The summed E-state index contributed by atoms with van der Waals surface area (Å²) in [5.74, 6) is -1.39. The van der Waals surface area contributed by atoms with Crippen molar-refractivity contribution in [2.45, 2.75) is 58.8 Å². The lowest BCUT2D eigenvalue weighted by Gasteiger charge is -2.25. The number of carbonyl (C=O) groups is 1. The lowest BCUT2D eigenvalue weighted by Crippen LogP contribution is -2.30. The molecule has 0 bridgehead atoms. The molecule has 0 amide bonds. The molecule has 0 aliphatic carbocycles. The second-order valence-corrected chi connectivity index (χ2v) is 4.74. The van der Waals surface area contributed by atoms with E-state index in [9.17, 15) is 9.90 Å². The monoisotopic (exact) mass is 218 g/mol. The number of hydrogen-bond acceptors (Lipinski definition) is 3. The first-order chi connectivity index (χ1) is 6.76. The van der Waals surface area contributed by atoms with E-state index in [1.165, 1.54) is 0 Å². The highest BCUT2D eigenvalue weighted by Crippen LogP contribution is 2.18. The molecule has 4 nitrogen and oxygen atoms in total. The number of rotatable bonds is 6. The summed E-state index contributed by atoms with van der Waals surface area (Å²) < 4.78 is 5.26. The first-order valence-corrected chi connectivity index (χ1v) is 5.35. The number of aliphatic hydroxyl groups excluding tert-OH is 1. The Morgan fingerprint density at radius 2 is 1.93 bits per heavy atom. The van der Waals surface area contributed by atoms with E-state index in [0.717, 1.165) is 6.42 Å². The molecule has 0 fully saturated rings. The fourth-order valence-corrected chi connectivity index (χ4v) is 1.39. The maximum Gasteiger partial charge on any atom is 0.306 e. The van der Waals surface area contributed by atoms with E-state index in [0.29, 0.717) is 6.42 Å². The molecular weight excluding hydrogens is 196 g/mol. The highest BCUT2D eigenvalue weighted by atomic mass is 16.6. The van der Waals surface area contributed by atoms with Crippen LogP contribution in [0.5, 0.6) is 0 Å². The molecule has 1 unspecified atom stereocenters. The van der Waals surface area contributed by atoms with Crippen molar-refractivity contribution in [3.05, 3.63) is 0 Å². The predicted octanol–water partition coefficient (Wildman–Crippen LogP) is 2.01. The van der Waals surface area contributed by atoms with Crippen LogP contribution < -0.4 is 0 Å². The Bertz CT molecular complexity index is 195. The molecule has 0 aromatic heterocycles. The number of ether oxygens (including phenoxy) is 1. The van der Waals surface area contributed by atoms with Gasteiger partial charge in [-0.25, -0.2) is 0 Å². The average molecular weight is 218 g/mol. The van der Waals surface area contributed by atoms with E-state index in [1.807, 2.05) is 27.7 Å². The molecule has 0 aromatic rings. The Hall–Kier alpha value is -0.610. The standard InChI is InChI=1S/C11H22O4/c1-5-6-8(10(13)14)7-9(12)15-11(2,3)4/h8-9,12H,5-7H2,1-4H3,(H,13,14)/t8-,9?/m1/s1. The lowest BCUT2D eigenvalue weighted by molar-refractivity contribution is -0.179. The molecular formula is C11H22O4. The Labute approximate surface area is 91.3 Å². The smallest absolute Gasteiger partial charge is 0.306 e. The molecule has 2 N–H and O–H groups in total. The van der Waals surface area contributed by atoms with Crippen molar-refractivity contribution in [2.24, 2.45) is 5.92 Å². The molecule has 0 radical (unpaired) electrons. The van der Waals surface area contributed by atoms with Crippen molar-refractivity contribution in [3.8, 4) is 0 Å². The van der Waals surface area contributed by atoms with Gasteiger partial charge in [0.2, 0.25) is 0 Å². The summed E-state index contributed by atoms with van der Waals surface area (Å²) >= 11 is 0. The minimum absolute atomic E-state index is 0.153. The molecule has 0 rings (SSSR count). The van der Waals surface area contributed by atoms with Gasteiger partial charge in [0.25, 0.3) is 0 Å². The molecule has 90 valence electrons. The predicted molar refractivity (Wildman–Crippen MR) is 57.5 cm³/mol. The zero-order valence-corrected chi connectivity index (χ0v) is 9.99. The number of aliphatic hydroxyl groups is 1. The first kappa shape index (κ1) is 14.4. The van der Waals surface area contributed by atoms with Crippen LogP contribution in [0.1, 0.15) is 47.0 Å². The molecule has 0 aliphatic heterocycles. The van der Waals surface area contributed by atoms with E-state index >= 15 is 0 Å². The van der Waals surface area contributed by atoms with Crippen molar-refractivity contribution in [1.82, 2.24) is 0 Å². The van der Waals surface area contributed by atoms with Crippen LogP contribution in [0.3, 0.4) is 0 Å². The van der Waals surface area contributed by atoms with Gasteiger partial charge in [0.1, 0.15) is 0 Å². The van der Waals surface area contributed by atoms with Crippen molar-refractivity contribution in [3.63, 3.8) is 0 Å². The Morgan fingerprint density at radius 3 is 2.27 bits per heavy atom. The number of carboxylic acid groups (broad SMARTS) is 1. The highest BCUT2D eigenvalue weighted by molar-refractivity contribution is 5.69. The number of hydrogen-bond donors (Lipinski definition) is 2. The summed E-state index contributed by atoms with van der Waals surface area (Å²) in [6.07, 6.45) is 0.511. The second-order valence-electron chi connectivity index (χ2n) is 4.74. The van der Waals surface area contributed by atoms with E-state index < -0.39 is 23.8 Å². The molecule has 15 heavy (non-hydrogen) atoms. The number of aliphatic carboxylic acids is 1. The third-order valence-corrected chi connectivity index (χ3v) is 1.96. The van der Waals surface area contributed by atoms with Crippen LogP contribution >= 0.6 is 0 Å². The van der Waals surface area contributed by atoms with Crippen molar-refractivity contribution >= 4 is 5.97 Å². The topological polar surface area (TPSA) is 66.8 Å². The van der Waals surface area contributed by atoms with Crippen LogP contribution in [0.4, 0.5) is 0 Å². The van der Waals surface area contributed by atoms with Crippen LogP contribution in [0.2, 0.25) is 0 Å². The average Bonchev–Trinajstić information content (AvgIpc) is 1.99. The molecule has 0 aromatic carbocycles. The summed E-state index contributed by atoms with van der Waals surface area (Å²) in [7, 11) is 0. The summed E-state index contributed by atoms with van der Waals surface area (Å²) in [6, 6.07) is 0. The van der Waals surface area contributed by atoms with Gasteiger partial charge in [-0.3, -0.25) is 4.79 Å². The first-order valence-electron chi connectivity index (χ1n) is 5.35. The molecule has 0 aliphatic rings. The van der Waals surface area contributed by atoms with E-state index in [4.69, 9.17) is 9.84 Å². The molecule has 2 atom stereocenters. The van der Waals surface area contributed by atoms with Crippen LogP contribution in [0, 0.1) is 5.92 Å². The summed E-state index contributed by atoms with van der Waals surface area (Å²) in [5, 5.41) is 18.4. The zero-order chi connectivity index (χ0) is 12.1. The van der Waals surface area contributed by atoms with Crippen LogP contribution in [-0.2, 0) is 9.53 Å². The maximum absolute atomic E-state index is 10.8. The molecule has 0 saturated heterocycles. The third kappa shape index (κ3) is 7.33. The van der Waals surface area contributed by atoms with E-state index in [1.54, 1.807) is 0 Å². The largest absolute Gasteiger partial charge is 0.481 e. The van der Waals surface area contributed by atoms with Gasteiger partial charge < -0.3 is 14.9 Å². The van der Waals surface area contributed by atoms with Gasteiger partial charge in [0.05, 0.1) is 11.5 Å². The Kier molecular flexibility index (Phi) is 5.83. The van der Waals surface area contributed by atoms with Crippen LogP contribution in [0.25, 0.3) is 0 Å². The lowest BCUT2D eigenvalue weighted by atomic mass is 9.99. The van der Waals surface area contributed by atoms with Crippen molar-refractivity contribution < 1.29 is 19.7 Å². The van der Waals surface area contributed by atoms with Crippen molar-refractivity contribution in [1.29, 1.82) is 0 Å². The van der Waals surface area contributed by atoms with E-state index in [-0.39, 0.29) is 6.42 Å². The zero-order valence-electron chi connectivity index (χ0n) is 9.99. The van der Waals surface area contributed by atoms with E-state index in [2.05, 4.69) is 0 Å². The molecule has 0 heterocycles. The maximum atomic E-state index is 10.8. The molecule has 0 saturated carbocycles. The highest BCUT2D eigenvalue weighted by Gasteiger charge is 2.24. The third-order valence-electron chi connectivity index (χ3n) is 1.96. The van der Waals surface area contributed by atoms with Crippen LogP contribution in [0.15, 0.2) is 0 Å². The second kappa shape index (κ2) is 6.08. The van der Waals surface area contributed by atoms with Gasteiger partial charge in [-0.15, -0.1) is 0 Å². The Morgan fingerprint density at radius 1 is 1.40 bits per heavy atom. The fourth-order valence-electron chi connectivity index (χ4n) is 1.39. The quantitative estimate of drug-likeness (QED) is 0.669. The summed E-state index contributed by atoms with van der Waals surface area (Å²) in [5.41, 5.74) is -0.450. The molecule has 4 heteroatoms. The van der Waals surface area contributed by atoms with Crippen molar-refractivity contribution in [2.75, 3.05) is 0 Å². The van der Waals surface area contributed by atoms with Crippen LogP contribution in [-0.4, -0.2) is 28.1 Å². The molecule has 0 spiro atoms. The van der Waals surface area contributed by atoms with Gasteiger partial charge in [-0.2, -0.15) is 0 Å². The fraction of sp³-hybridized carbons (Fsp3) is 0.909. The summed E-state index contributed by atoms with van der Waals surface area (Å²) in [4.78, 5) is 10.8. The number of carboxylic acids is 1. The van der Waals surface area contributed by atoms with Gasteiger partial charge >= 0.3 is 5.97 Å². The normalized spacial score (nSPS) is 16.1. The van der Waals surface area contributed by atoms with Gasteiger partial charge in [0.15, 0.2) is 6.29 Å².